The van der Waals surface area contributed by atoms with Gasteiger partial charge in [-0.2, -0.15) is 0 Å². The molecule has 1 aliphatic carbocycles. The maximum atomic E-state index is 12.7. The zero-order chi connectivity index (χ0) is 22.8. The van der Waals surface area contributed by atoms with Crippen LogP contribution < -0.4 is 16.4 Å². The Morgan fingerprint density at radius 1 is 1.13 bits per heavy atom. The first-order valence-electron chi connectivity index (χ1n) is 11.3. The Balaban J connectivity index is 2.65. The summed E-state index contributed by atoms with van der Waals surface area (Å²) in [5, 5.41) is 15.9. The summed E-state index contributed by atoms with van der Waals surface area (Å²) in [4.78, 5) is 34.8. The smallest absolute Gasteiger partial charge is 0.242 e. The van der Waals surface area contributed by atoms with Crippen LogP contribution in [-0.4, -0.2) is 52.2 Å². The Bertz CT molecular complexity index is 569. The van der Waals surface area contributed by atoms with Gasteiger partial charge in [0.2, 0.25) is 11.8 Å². The molecule has 2 amide bonds. The SMILES string of the molecule is CCC(C)[C@H](NC(=O)[C@@H](N)C(C)C)C(=O)NC[C@H](O)CC(C1CCCCC1)[PH](=O)O. The molecule has 176 valence electrons. The standard InChI is InChI=1S/C21H42N3O5P/c1-5-14(4)19(24-20(26)18(22)13(2)3)21(27)23-12-16(25)11-17(30(28)29)15-9-7-6-8-10-15/h13-19,25,30H,5-12,22H2,1-4H3,(H,23,27)(H,24,26)(H,28,29)/t14?,16-,17?,18+,19+/m1/s1. The molecule has 6 N–H and O–H groups in total. The monoisotopic (exact) mass is 447 g/mol. The van der Waals surface area contributed by atoms with Crippen LogP contribution in [0.2, 0.25) is 0 Å². The van der Waals surface area contributed by atoms with Crippen molar-refractivity contribution < 1.29 is 24.2 Å². The van der Waals surface area contributed by atoms with E-state index in [2.05, 4.69) is 10.6 Å². The predicted octanol–water partition coefficient (Wildman–Crippen LogP) is 1.78. The molecule has 30 heavy (non-hydrogen) atoms. The van der Waals surface area contributed by atoms with Gasteiger partial charge in [0.25, 0.3) is 0 Å². The minimum atomic E-state index is -2.76. The second-order valence-electron chi connectivity index (χ2n) is 9.12. The van der Waals surface area contributed by atoms with Crippen LogP contribution in [0.4, 0.5) is 0 Å². The van der Waals surface area contributed by atoms with Gasteiger partial charge in [-0.25, -0.2) is 0 Å². The first-order valence-corrected chi connectivity index (χ1v) is 12.8. The van der Waals surface area contributed by atoms with Crippen LogP contribution >= 0.6 is 8.03 Å². The van der Waals surface area contributed by atoms with Gasteiger partial charge in [-0.15, -0.1) is 0 Å². The van der Waals surface area contributed by atoms with E-state index in [0.717, 1.165) is 32.1 Å². The summed E-state index contributed by atoms with van der Waals surface area (Å²) in [5.74, 6) is -0.744. The number of amides is 2. The number of aliphatic hydroxyl groups is 1. The number of aliphatic hydroxyl groups excluding tert-OH is 1. The maximum absolute atomic E-state index is 12.7. The predicted molar refractivity (Wildman–Crippen MR) is 119 cm³/mol. The molecule has 0 aromatic carbocycles. The lowest BCUT2D eigenvalue weighted by Gasteiger charge is -2.30. The minimum absolute atomic E-state index is 0.0176. The summed E-state index contributed by atoms with van der Waals surface area (Å²) in [5.41, 5.74) is 5.47. The summed E-state index contributed by atoms with van der Waals surface area (Å²) in [7, 11) is -2.76. The Morgan fingerprint density at radius 3 is 2.23 bits per heavy atom. The first-order chi connectivity index (χ1) is 14.1. The van der Waals surface area contributed by atoms with Crippen molar-refractivity contribution >= 4 is 19.8 Å². The minimum Gasteiger partial charge on any atom is -0.391 e. The molecule has 0 bridgehead atoms. The number of rotatable bonds is 12. The Kier molecular flexibility index (Phi) is 12.2. The molecular formula is C21H42N3O5P. The lowest BCUT2D eigenvalue weighted by molar-refractivity contribution is -0.131. The third-order valence-electron chi connectivity index (χ3n) is 6.39. The van der Waals surface area contributed by atoms with Crippen molar-refractivity contribution in [3.8, 4) is 0 Å². The van der Waals surface area contributed by atoms with Gasteiger partial charge in [-0.1, -0.05) is 53.4 Å². The quantitative estimate of drug-likeness (QED) is 0.289. The highest BCUT2D eigenvalue weighted by molar-refractivity contribution is 7.38. The summed E-state index contributed by atoms with van der Waals surface area (Å²) in [6, 6.07) is -1.45. The molecule has 0 spiro atoms. The number of nitrogens with two attached hydrogens (primary N) is 1. The number of carbonyl (C=O) groups excluding carboxylic acids is 2. The van der Waals surface area contributed by atoms with Gasteiger partial charge >= 0.3 is 0 Å². The average molecular weight is 448 g/mol. The normalized spacial score (nSPS) is 21.3. The molecule has 9 heteroatoms. The lowest BCUT2D eigenvalue weighted by Crippen LogP contribution is -2.55. The third kappa shape index (κ3) is 8.66. The van der Waals surface area contributed by atoms with E-state index in [4.69, 9.17) is 5.73 Å². The molecule has 3 unspecified atom stereocenters. The van der Waals surface area contributed by atoms with Crippen LogP contribution in [0.25, 0.3) is 0 Å². The number of nitrogens with one attached hydrogen (secondary N) is 2. The molecule has 1 saturated carbocycles. The Hall–Kier alpha value is -0.950. The van der Waals surface area contributed by atoms with Crippen LogP contribution in [0.15, 0.2) is 0 Å². The first kappa shape index (κ1) is 27.1. The van der Waals surface area contributed by atoms with Crippen molar-refractivity contribution in [2.75, 3.05) is 6.54 Å². The zero-order valence-corrected chi connectivity index (χ0v) is 19.9. The molecule has 0 aliphatic heterocycles. The molecule has 1 fully saturated rings. The fourth-order valence-electron chi connectivity index (χ4n) is 3.99. The van der Waals surface area contributed by atoms with E-state index in [1.165, 1.54) is 0 Å². The molecule has 0 radical (unpaired) electrons. The average Bonchev–Trinajstić information content (AvgIpc) is 2.72. The van der Waals surface area contributed by atoms with Crippen molar-refractivity contribution in [2.24, 2.45) is 23.5 Å². The Morgan fingerprint density at radius 2 is 1.73 bits per heavy atom. The second kappa shape index (κ2) is 13.5. The molecule has 1 aliphatic rings. The lowest BCUT2D eigenvalue weighted by atomic mass is 9.85. The van der Waals surface area contributed by atoms with E-state index >= 15 is 0 Å². The van der Waals surface area contributed by atoms with Crippen molar-refractivity contribution in [3.63, 3.8) is 0 Å². The van der Waals surface area contributed by atoms with Crippen molar-refractivity contribution in [1.82, 2.24) is 10.6 Å². The van der Waals surface area contributed by atoms with E-state index in [9.17, 15) is 24.2 Å². The number of hydrogen-bond donors (Lipinski definition) is 5. The van der Waals surface area contributed by atoms with Gasteiger partial charge in [0.1, 0.15) is 6.04 Å². The van der Waals surface area contributed by atoms with Gasteiger partial charge in [0.15, 0.2) is 8.03 Å². The molecule has 1 rings (SSSR count). The highest BCUT2D eigenvalue weighted by atomic mass is 31.1. The van der Waals surface area contributed by atoms with Crippen LogP contribution in [0.3, 0.4) is 0 Å². The third-order valence-corrected chi connectivity index (χ3v) is 7.73. The van der Waals surface area contributed by atoms with E-state index in [1.807, 2.05) is 27.7 Å². The molecule has 8 nitrogen and oxygen atoms in total. The summed E-state index contributed by atoms with van der Waals surface area (Å²) >= 11 is 0. The molecular weight excluding hydrogens is 405 g/mol. The fourth-order valence-corrected chi connectivity index (χ4v) is 5.20. The van der Waals surface area contributed by atoms with Crippen molar-refractivity contribution in [2.45, 2.75) is 96.5 Å². The molecule has 0 aromatic heterocycles. The van der Waals surface area contributed by atoms with Gasteiger partial charge in [-0.3, -0.25) is 14.2 Å². The topological polar surface area (TPSA) is 142 Å². The van der Waals surface area contributed by atoms with Crippen LogP contribution in [0.1, 0.15) is 72.6 Å². The van der Waals surface area contributed by atoms with Gasteiger partial charge in [0, 0.05) is 12.2 Å². The molecule has 0 heterocycles. The summed E-state index contributed by atoms with van der Waals surface area (Å²) in [6.07, 6.45) is 5.06. The van der Waals surface area contributed by atoms with E-state index in [1.54, 1.807) is 0 Å². The highest BCUT2D eigenvalue weighted by Crippen LogP contribution is 2.40. The van der Waals surface area contributed by atoms with Crippen molar-refractivity contribution in [3.05, 3.63) is 0 Å². The van der Waals surface area contributed by atoms with Gasteiger partial charge < -0.3 is 26.4 Å². The van der Waals surface area contributed by atoms with E-state index < -0.39 is 31.9 Å². The number of hydrogen-bond acceptors (Lipinski definition) is 5. The summed E-state index contributed by atoms with van der Waals surface area (Å²) < 4.78 is 11.9. The van der Waals surface area contributed by atoms with E-state index in [0.29, 0.717) is 6.42 Å². The highest BCUT2D eigenvalue weighted by Gasteiger charge is 2.31. The van der Waals surface area contributed by atoms with Crippen LogP contribution in [0, 0.1) is 17.8 Å². The van der Waals surface area contributed by atoms with Crippen molar-refractivity contribution in [1.29, 1.82) is 0 Å². The molecule has 0 aromatic rings. The molecule has 0 saturated heterocycles. The Labute approximate surface area is 181 Å². The van der Waals surface area contributed by atoms with Gasteiger partial charge in [-0.05, 0) is 37.0 Å². The fraction of sp³-hybridized carbons (Fsp3) is 0.905. The maximum Gasteiger partial charge on any atom is 0.242 e. The van der Waals surface area contributed by atoms with E-state index in [-0.39, 0.29) is 42.5 Å². The second-order valence-corrected chi connectivity index (χ2v) is 10.5. The van der Waals surface area contributed by atoms with Crippen LogP contribution in [-0.2, 0) is 14.2 Å². The summed E-state index contributed by atoms with van der Waals surface area (Å²) in [6.45, 7) is 7.47. The number of carbonyl (C=O) groups is 2. The van der Waals surface area contributed by atoms with Crippen LogP contribution in [0.5, 0.6) is 0 Å². The molecule has 6 atom stereocenters. The zero-order valence-electron chi connectivity index (χ0n) is 18.9. The van der Waals surface area contributed by atoms with Gasteiger partial charge in [0.05, 0.1) is 12.1 Å². The largest absolute Gasteiger partial charge is 0.391 e.